The third-order valence-electron chi connectivity index (χ3n) is 4.91. The minimum Gasteiger partial charge on any atom is -0.340 e. The van der Waals surface area contributed by atoms with Gasteiger partial charge in [-0.2, -0.15) is 0 Å². The van der Waals surface area contributed by atoms with E-state index in [1.807, 2.05) is 0 Å². The van der Waals surface area contributed by atoms with E-state index < -0.39 is 10.0 Å². The summed E-state index contributed by atoms with van der Waals surface area (Å²) < 4.78 is 22.9. The van der Waals surface area contributed by atoms with Crippen LogP contribution in [0.3, 0.4) is 0 Å². The number of aromatic nitrogens is 2. The molecule has 2 aromatic heterocycles. The molecule has 4 aromatic rings. The summed E-state index contributed by atoms with van der Waals surface area (Å²) in [5.41, 5.74) is 5.42. The van der Waals surface area contributed by atoms with Gasteiger partial charge in [-0.05, 0) is 61.7 Å². The van der Waals surface area contributed by atoms with Crippen molar-refractivity contribution in [2.45, 2.75) is 25.7 Å². The smallest absolute Gasteiger partial charge is 0.238 e. The molecule has 0 amide bonds. The fourth-order valence-electron chi connectivity index (χ4n) is 3.25. The zero-order valence-corrected chi connectivity index (χ0v) is 17.9. The van der Waals surface area contributed by atoms with Crippen LogP contribution in [0.25, 0.3) is 21.3 Å². The van der Waals surface area contributed by atoms with Crippen LogP contribution in [0.15, 0.2) is 53.7 Å². The lowest BCUT2D eigenvalue weighted by atomic mass is 9.99. The summed E-state index contributed by atoms with van der Waals surface area (Å²) >= 11 is 1.63. The number of anilines is 2. The first kappa shape index (κ1) is 19.5. The van der Waals surface area contributed by atoms with Crippen molar-refractivity contribution in [3.05, 3.63) is 64.8 Å². The summed E-state index contributed by atoms with van der Waals surface area (Å²) in [6.45, 7) is 6.28. The highest BCUT2D eigenvalue weighted by molar-refractivity contribution is 7.89. The molecule has 0 radical (unpaired) electrons. The Kier molecular flexibility index (Phi) is 4.85. The lowest BCUT2D eigenvalue weighted by Gasteiger charge is -2.10. The molecule has 0 spiro atoms. The number of rotatable bonds is 4. The van der Waals surface area contributed by atoms with E-state index in [4.69, 9.17) is 5.14 Å². The molecular weight excluding hydrogens is 404 g/mol. The van der Waals surface area contributed by atoms with Crippen molar-refractivity contribution in [2.24, 2.45) is 5.14 Å². The third-order valence-corrected chi connectivity index (χ3v) is 6.85. The van der Waals surface area contributed by atoms with Gasteiger partial charge in [-0.25, -0.2) is 23.5 Å². The van der Waals surface area contributed by atoms with Crippen LogP contribution >= 0.6 is 11.3 Å². The van der Waals surface area contributed by atoms with Crippen LogP contribution in [0, 0.1) is 20.8 Å². The van der Waals surface area contributed by atoms with Crippen molar-refractivity contribution < 1.29 is 8.42 Å². The van der Waals surface area contributed by atoms with E-state index >= 15 is 0 Å². The fraction of sp³-hybridized carbons (Fsp3) is 0.143. The van der Waals surface area contributed by atoms with Gasteiger partial charge in [0.25, 0.3) is 0 Å². The largest absolute Gasteiger partial charge is 0.340 e. The predicted octanol–water partition coefficient (Wildman–Crippen LogP) is 4.67. The number of fused-ring (bicyclic) bond motifs is 1. The Balaban J connectivity index is 1.82. The van der Waals surface area contributed by atoms with Gasteiger partial charge in [0.05, 0.1) is 10.3 Å². The molecule has 0 fully saturated rings. The lowest BCUT2D eigenvalue weighted by molar-refractivity contribution is 0.598. The van der Waals surface area contributed by atoms with E-state index in [1.165, 1.54) is 29.6 Å². The zero-order chi connectivity index (χ0) is 20.8. The Morgan fingerprint density at radius 1 is 0.966 bits per heavy atom. The van der Waals surface area contributed by atoms with Crippen molar-refractivity contribution in [1.82, 2.24) is 9.97 Å². The number of nitrogens with two attached hydrogens (primary N) is 1. The molecule has 0 aliphatic heterocycles. The Labute approximate surface area is 173 Å². The van der Waals surface area contributed by atoms with Crippen LogP contribution in [0.5, 0.6) is 0 Å². The van der Waals surface area contributed by atoms with Crippen LogP contribution in [0.4, 0.5) is 11.5 Å². The van der Waals surface area contributed by atoms with Crippen molar-refractivity contribution in [2.75, 3.05) is 5.32 Å². The van der Waals surface area contributed by atoms with Crippen molar-refractivity contribution in [1.29, 1.82) is 0 Å². The minimum atomic E-state index is -3.73. The predicted molar refractivity (Wildman–Crippen MR) is 118 cm³/mol. The van der Waals surface area contributed by atoms with Gasteiger partial charge in [-0.3, -0.25) is 0 Å². The summed E-state index contributed by atoms with van der Waals surface area (Å²) in [5, 5.41) is 9.42. The summed E-state index contributed by atoms with van der Waals surface area (Å²) in [6.07, 6.45) is 1.53. The van der Waals surface area contributed by atoms with Gasteiger partial charge in [-0.1, -0.05) is 18.2 Å². The first-order valence-electron chi connectivity index (χ1n) is 8.95. The zero-order valence-electron chi connectivity index (χ0n) is 16.2. The second-order valence-electron chi connectivity index (χ2n) is 6.93. The maximum atomic E-state index is 11.5. The van der Waals surface area contributed by atoms with Crippen LogP contribution in [0.2, 0.25) is 0 Å². The highest BCUT2D eigenvalue weighted by Crippen LogP contribution is 2.41. The van der Waals surface area contributed by atoms with Gasteiger partial charge in [0.15, 0.2) is 0 Å². The summed E-state index contributed by atoms with van der Waals surface area (Å²) in [7, 11) is -3.73. The molecule has 29 heavy (non-hydrogen) atoms. The van der Waals surface area contributed by atoms with Gasteiger partial charge in [0.2, 0.25) is 10.0 Å². The van der Waals surface area contributed by atoms with Gasteiger partial charge in [0.1, 0.15) is 17.0 Å². The van der Waals surface area contributed by atoms with Crippen molar-refractivity contribution in [3.63, 3.8) is 0 Å². The number of nitrogens with zero attached hydrogens (tertiary/aromatic N) is 2. The number of aryl methyl sites for hydroxylation is 3. The van der Waals surface area contributed by atoms with Crippen LogP contribution in [-0.2, 0) is 10.0 Å². The maximum Gasteiger partial charge on any atom is 0.238 e. The van der Waals surface area contributed by atoms with E-state index in [2.05, 4.69) is 54.3 Å². The molecule has 148 valence electrons. The molecule has 4 rings (SSSR count). The van der Waals surface area contributed by atoms with E-state index in [0.717, 1.165) is 26.2 Å². The van der Waals surface area contributed by atoms with Gasteiger partial charge in [-0.15, -0.1) is 11.3 Å². The highest BCUT2D eigenvalue weighted by Gasteiger charge is 2.17. The molecule has 0 aliphatic rings. The van der Waals surface area contributed by atoms with Crippen LogP contribution < -0.4 is 10.5 Å². The molecule has 0 atom stereocenters. The van der Waals surface area contributed by atoms with E-state index in [9.17, 15) is 8.42 Å². The minimum absolute atomic E-state index is 0.0677. The number of nitrogens with one attached hydrogen (secondary N) is 1. The standard InChI is InChI=1S/C21H20N4O2S2/c1-12-4-5-15(10-13(12)2)18-14(3)28-21-19(18)20(23-11-24-21)25-16-6-8-17(9-7-16)29(22,26)27/h4-11H,1-3H3,(H2,22,26,27)(H,23,24,25). The molecule has 2 aromatic carbocycles. The molecule has 3 N–H and O–H groups in total. The Morgan fingerprint density at radius 3 is 2.34 bits per heavy atom. The normalized spacial score (nSPS) is 11.7. The molecule has 0 unspecified atom stereocenters. The van der Waals surface area contributed by atoms with Crippen molar-refractivity contribution in [3.8, 4) is 11.1 Å². The SMILES string of the molecule is Cc1ccc(-c2c(C)sc3ncnc(Nc4ccc(S(N)(=O)=O)cc4)c23)cc1C. The van der Waals surface area contributed by atoms with E-state index in [0.29, 0.717) is 11.5 Å². The first-order chi connectivity index (χ1) is 13.7. The number of hydrogen-bond donors (Lipinski definition) is 2. The Bertz CT molecular complexity index is 1330. The monoisotopic (exact) mass is 424 g/mol. The second-order valence-corrected chi connectivity index (χ2v) is 9.69. The molecule has 0 aliphatic carbocycles. The molecule has 8 heteroatoms. The van der Waals surface area contributed by atoms with Gasteiger partial charge in [0, 0.05) is 16.1 Å². The first-order valence-corrected chi connectivity index (χ1v) is 11.3. The third kappa shape index (κ3) is 3.74. The Morgan fingerprint density at radius 2 is 1.69 bits per heavy atom. The number of hydrogen-bond acceptors (Lipinski definition) is 6. The maximum absolute atomic E-state index is 11.5. The molecule has 0 saturated carbocycles. The molecular formula is C21H20N4O2S2. The van der Waals surface area contributed by atoms with E-state index in [-0.39, 0.29) is 4.90 Å². The summed E-state index contributed by atoms with van der Waals surface area (Å²) in [5.74, 6) is 0.677. The van der Waals surface area contributed by atoms with Crippen molar-refractivity contribution >= 4 is 43.1 Å². The second kappa shape index (κ2) is 7.22. The summed E-state index contributed by atoms with van der Waals surface area (Å²) in [4.78, 5) is 11.0. The van der Waals surface area contributed by atoms with Crippen LogP contribution in [-0.4, -0.2) is 18.4 Å². The lowest BCUT2D eigenvalue weighted by Crippen LogP contribution is -2.11. The fourth-order valence-corrected chi connectivity index (χ4v) is 4.78. The average Bonchev–Trinajstić information content (AvgIpc) is 3.01. The molecule has 0 bridgehead atoms. The summed E-state index contributed by atoms with van der Waals surface area (Å²) in [6, 6.07) is 12.7. The molecule has 6 nitrogen and oxygen atoms in total. The van der Waals surface area contributed by atoms with Gasteiger partial charge >= 0.3 is 0 Å². The number of primary sulfonamides is 1. The van der Waals surface area contributed by atoms with Gasteiger partial charge < -0.3 is 5.32 Å². The quantitative estimate of drug-likeness (QED) is 0.496. The number of sulfonamides is 1. The van der Waals surface area contributed by atoms with E-state index in [1.54, 1.807) is 23.5 Å². The average molecular weight is 425 g/mol. The Hall–Kier alpha value is -2.81. The van der Waals surface area contributed by atoms with Crippen LogP contribution in [0.1, 0.15) is 16.0 Å². The number of thiophene rings is 1. The molecule has 2 heterocycles. The highest BCUT2D eigenvalue weighted by atomic mass is 32.2. The number of benzene rings is 2. The topological polar surface area (TPSA) is 98.0 Å². The molecule has 0 saturated heterocycles.